The number of carbonyl (C=O) groups is 1. The molecule has 0 amide bonds. The van der Waals surface area contributed by atoms with E-state index in [2.05, 4.69) is 4.98 Å². The molecule has 0 saturated heterocycles. The fourth-order valence-electron chi connectivity index (χ4n) is 3.51. The zero-order chi connectivity index (χ0) is 23.4. The van der Waals surface area contributed by atoms with Crippen molar-refractivity contribution in [2.75, 3.05) is 14.2 Å². The average molecular weight is 466 g/mol. The number of fused-ring (bicyclic) bond motifs is 1. The Bertz CT molecular complexity index is 1310. The predicted molar refractivity (Wildman–Crippen MR) is 125 cm³/mol. The third-order valence-corrected chi connectivity index (χ3v) is 5.45. The van der Waals surface area contributed by atoms with Gasteiger partial charge in [-0.1, -0.05) is 29.8 Å². The normalized spacial score (nSPS) is 10.8. The number of hydrogen-bond acceptors (Lipinski definition) is 5. The lowest BCUT2D eigenvalue weighted by atomic mass is 10.0. The molecule has 4 rings (SSSR count). The Hall–Kier alpha value is -3.64. The van der Waals surface area contributed by atoms with E-state index < -0.39 is 5.82 Å². The first-order valence-electron chi connectivity index (χ1n) is 10.2. The molecule has 0 saturated carbocycles. The summed E-state index contributed by atoms with van der Waals surface area (Å²) in [6.45, 7) is 0. The van der Waals surface area contributed by atoms with E-state index >= 15 is 0 Å². The minimum absolute atomic E-state index is 0.0217. The van der Waals surface area contributed by atoms with E-state index in [1.807, 2.05) is 18.2 Å². The maximum atomic E-state index is 13.6. The van der Waals surface area contributed by atoms with Gasteiger partial charge in [-0.25, -0.2) is 4.39 Å². The van der Waals surface area contributed by atoms with Gasteiger partial charge >= 0.3 is 0 Å². The number of halogens is 2. The number of carbonyl (C=O) groups excluding carboxylic acids is 1. The highest BCUT2D eigenvalue weighted by Crippen LogP contribution is 2.36. The summed E-state index contributed by atoms with van der Waals surface area (Å²) in [6.07, 6.45) is 2.04. The van der Waals surface area contributed by atoms with E-state index in [9.17, 15) is 9.18 Å². The molecule has 4 aromatic rings. The highest BCUT2D eigenvalue weighted by molar-refractivity contribution is 6.30. The fourth-order valence-corrected chi connectivity index (χ4v) is 3.62. The van der Waals surface area contributed by atoms with Gasteiger partial charge in [0.2, 0.25) is 0 Å². The second kappa shape index (κ2) is 9.88. The minimum Gasteiger partial charge on any atom is -0.493 e. The Morgan fingerprint density at radius 1 is 0.879 bits per heavy atom. The van der Waals surface area contributed by atoms with Gasteiger partial charge in [0.15, 0.2) is 11.5 Å². The molecule has 0 bridgehead atoms. The number of benzene rings is 3. The second-order valence-corrected chi connectivity index (χ2v) is 7.83. The van der Waals surface area contributed by atoms with Crippen LogP contribution in [0.5, 0.6) is 23.0 Å². The molecule has 3 aromatic carbocycles. The maximum absolute atomic E-state index is 13.6. The van der Waals surface area contributed by atoms with Gasteiger partial charge < -0.3 is 14.2 Å². The first-order chi connectivity index (χ1) is 16.0. The van der Waals surface area contributed by atoms with Gasteiger partial charge in [0.25, 0.3) is 0 Å². The van der Waals surface area contributed by atoms with Crippen molar-refractivity contribution in [2.24, 2.45) is 0 Å². The molecule has 33 heavy (non-hydrogen) atoms. The molecular weight excluding hydrogens is 445 g/mol. The van der Waals surface area contributed by atoms with Crippen molar-refractivity contribution in [1.29, 1.82) is 0 Å². The third kappa shape index (κ3) is 5.23. The first kappa shape index (κ1) is 22.6. The van der Waals surface area contributed by atoms with Crippen LogP contribution in [0.25, 0.3) is 10.9 Å². The number of hydrogen-bond donors (Lipinski definition) is 0. The Morgan fingerprint density at radius 2 is 1.55 bits per heavy atom. The predicted octanol–water partition coefficient (Wildman–Crippen LogP) is 6.19. The lowest BCUT2D eigenvalue weighted by molar-refractivity contribution is -0.117. The lowest BCUT2D eigenvalue weighted by Crippen LogP contribution is -2.06. The molecule has 0 unspecified atom stereocenters. The highest BCUT2D eigenvalue weighted by Gasteiger charge is 2.12. The largest absolute Gasteiger partial charge is 0.493 e. The van der Waals surface area contributed by atoms with Gasteiger partial charge in [0.05, 0.1) is 24.8 Å². The quantitative estimate of drug-likeness (QED) is 0.310. The molecule has 0 spiro atoms. The van der Waals surface area contributed by atoms with Gasteiger partial charge in [-0.05, 0) is 47.5 Å². The summed E-state index contributed by atoms with van der Waals surface area (Å²) in [5.41, 5.74) is 2.15. The Labute approximate surface area is 195 Å². The summed E-state index contributed by atoms with van der Waals surface area (Å²) < 4.78 is 30.4. The van der Waals surface area contributed by atoms with Crippen LogP contribution < -0.4 is 14.2 Å². The van der Waals surface area contributed by atoms with Crippen LogP contribution in [0.1, 0.15) is 11.1 Å². The summed E-state index contributed by atoms with van der Waals surface area (Å²) in [5.74, 6) is 1.86. The number of ether oxygens (including phenoxy) is 3. The number of pyridine rings is 1. The van der Waals surface area contributed by atoms with E-state index in [1.165, 1.54) is 12.1 Å². The molecule has 5 nitrogen and oxygen atoms in total. The summed E-state index contributed by atoms with van der Waals surface area (Å²) in [6, 6.07) is 17.1. The Kier molecular flexibility index (Phi) is 6.75. The van der Waals surface area contributed by atoms with Gasteiger partial charge in [0.1, 0.15) is 23.1 Å². The van der Waals surface area contributed by atoms with Crippen LogP contribution in [0, 0.1) is 5.82 Å². The molecule has 7 heteroatoms. The summed E-state index contributed by atoms with van der Waals surface area (Å²) >= 11 is 5.69. The van der Waals surface area contributed by atoms with Crippen molar-refractivity contribution in [3.8, 4) is 23.0 Å². The molecule has 0 fully saturated rings. The summed E-state index contributed by atoms with van der Waals surface area (Å²) in [4.78, 5) is 16.8. The number of aromatic nitrogens is 1. The number of rotatable bonds is 8. The zero-order valence-electron chi connectivity index (χ0n) is 18.1. The molecule has 1 heterocycles. The second-order valence-electron chi connectivity index (χ2n) is 7.42. The van der Waals surface area contributed by atoms with Gasteiger partial charge in [-0.2, -0.15) is 0 Å². The molecule has 0 aliphatic carbocycles. The maximum Gasteiger partial charge on any atom is 0.162 e. The van der Waals surface area contributed by atoms with Crippen LogP contribution in [0.2, 0.25) is 5.02 Å². The van der Waals surface area contributed by atoms with Gasteiger partial charge in [-0.15, -0.1) is 0 Å². The molecule has 0 N–H and O–H groups in total. The Morgan fingerprint density at radius 3 is 2.24 bits per heavy atom. The number of ketones is 1. The topological polar surface area (TPSA) is 57.7 Å². The van der Waals surface area contributed by atoms with E-state index in [1.54, 1.807) is 50.7 Å². The minimum atomic E-state index is -0.525. The number of methoxy groups -OCH3 is 2. The smallest absolute Gasteiger partial charge is 0.162 e. The van der Waals surface area contributed by atoms with E-state index in [0.717, 1.165) is 10.9 Å². The fraction of sp³-hybridized carbons (Fsp3) is 0.154. The van der Waals surface area contributed by atoms with Crippen molar-refractivity contribution in [2.45, 2.75) is 12.8 Å². The van der Waals surface area contributed by atoms with Crippen molar-refractivity contribution in [3.05, 3.63) is 88.8 Å². The first-order valence-corrected chi connectivity index (χ1v) is 10.6. The van der Waals surface area contributed by atoms with Gasteiger partial charge in [-0.3, -0.25) is 9.78 Å². The molecule has 0 aliphatic heterocycles. The van der Waals surface area contributed by atoms with Crippen LogP contribution in [-0.2, 0) is 17.6 Å². The molecule has 1 aromatic heterocycles. The van der Waals surface area contributed by atoms with Crippen molar-refractivity contribution >= 4 is 28.3 Å². The summed E-state index contributed by atoms with van der Waals surface area (Å²) in [5, 5.41) is 0.825. The molecular formula is C26H21ClFNO4. The van der Waals surface area contributed by atoms with Crippen LogP contribution in [0.3, 0.4) is 0 Å². The third-order valence-electron chi connectivity index (χ3n) is 5.14. The zero-order valence-corrected chi connectivity index (χ0v) is 18.9. The molecule has 0 atom stereocenters. The van der Waals surface area contributed by atoms with E-state index in [0.29, 0.717) is 34.1 Å². The monoisotopic (exact) mass is 465 g/mol. The van der Waals surface area contributed by atoms with Crippen molar-refractivity contribution < 1.29 is 23.4 Å². The van der Waals surface area contributed by atoms with Crippen LogP contribution >= 0.6 is 11.6 Å². The number of nitrogens with zero attached hydrogens (tertiary/aromatic N) is 1. The Balaban J connectivity index is 1.47. The van der Waals surface area contributed by atoms with Crippen LogP contribution in [0.15, 0.2) is 66.9 Å². The summed E-state index contributed by atoms with van der Waals surface area (Å²) in [7, 11) is 3.15. The highest BCUT2D eigenvalue weighted by atomic mass is 35.5. The number of Topliss-reactive ketones (excluding diaryl/α,β-unsaturated/α-hetero) is 1. The van der Waals surface area contributed by atoms with Crippen molar-refractivity contribution in [3.63, 3.8) is 0 Å². The SMILES string of the molecule is COc1cc2nccc(Oc3ccc(CC(=O)Cc4ccc(Cl)c(F)c4)cc3)c2cc1OC. The average Bonchev–Trinajstić information content (AvgIpc) is 2.82. The standard InChI is InChI=1S/C26H21ClFNO4/c1-31-25-14-20-23(15-26(25)32-2)29-10-9-24(20)33-19-6-3-16(4-7-19)11-18(30)12-17-5-8-21(27)22(28)13-17/h3-10,13-15H,11-12H2,1-2H3. The van der Waals surface area contributed by atoms with Gasteiger partial charge in [0, 0.05) is 30.5 Å². The van der Waals surface area contributed by atoms with E-state index in [-0.39, 0.29) is 23.6 Å². The van der Waals surface area contributed by atoms with Crippen LogP contribution in [-0.4, -0.2) is 25.0 Å². The molecule has 0 radical (unpaired) electrons. The van der Waals surface area contributed by atoms with E-state index in [4.69, 9.17) is 25.8 Å². The lowest BCUT2D eigenvalue weighted by Gasteiger charge is -2.12. The van der Waals surface area contributed by atoms with Crippen molar-refractivity contribution in [1.82, 2.24) is 4.98 Å². The van der Waals surface area contributed by atoms with Crippen LogP contribution in [0.4, 0.5) is 4.39 Å². The molecule has 168 valence electrons. The molecule has 0 aliphatic rings.